The van der Waals surface area contributed by atoms with Gasteiger partial charge >= 0.3 is 0 Å². The molecular weight excluding hydrogens is 230 g/mol. The largest absolute Gasteiger partial charge is 0.459 e. The third-order valence-corrected chi connectivity index (χ3v) is 3.53. The van der Waals surface area contributed by atoms with E-state index >= 15 is 0 Å². The highest BCUT2D eigenvalue weighted by molar-refractivity contribution is 5.42. The fourth-order valence-corrected chi connectivity index (χ4v) is 2.50. The third kappa shape index (κ3) is 2.31. The van der Waals surface area contributed by atoms with Gasteiger partial charge < -0.3 is 8.83 Å². The Morgan fingerprint density at radius 3 is 2.89 bits per heavy atom. The molecule has 96 valence electrons. The molecule has 0 unspecified atom stereocenters. The van der Waals surface area contributed by atoms with Gasteiger partial charge in [-0.05, 0) is 32.0 Å². The molecule has 0 bridgehead atoms. The van der Waals surface area contributed by atoms with Gasteiger partial charge in [-0.3, -0.25) is 4.90 Å². The summed E-state index contributed by atoms with van der Waals surface area (Å²) in [5.41, 5.74) is 0. The first-order valence-corrected chi connectivity index (χ1v) is 6.39. The van der Waals surface area contributed by atoms with Crippen molar-refractivity contribution in [2.75, 3.05) is 7.05 Å². The zero-order chi connectivity index (χ0) is 12.4. The number of hydrogen-bond acceptors (Lipinski definition) is 5. The van der Waals surface area contributed by atoms with Crippen LogP contribution < -0.4 is 0 Å². The maximum atomic E-state index is 5.60. The van der Waals surface area contributed by atoms with Gasteiger partial charge in [-0.15, -0.1) is 10.2 Å². The van der Waals surface area contributed by atoms with Crippen molar-refractivity contribution in [2.45, 2.75) is 38.3 Å². The van der Waals surface area contributed by atoms with Crippen molar-refractivity contribution < 1.29 is 8.83 Å². The predicted octanol–water partition coefficient (Wildman–Crippen LogP) is 2.70. The minimum absolute atomic E-state index is 0.454. The summed E-state index contributed by atoms with van der Waals surface area (Å²) in [6.45, 7) is 0.707. The van der Waals surface area contributed by atoms with E-state index in [0.29, 0.717) is 30.1 Å². The standard InChI is InChI=1S/C13H17N3O2/c1-16(10-5-2-3-6-10)9-12-14-15-13(18-12)11-7-4-8-17-11/h4,7-8,10H,2-3,5-6,9H2,1H3. The molecule has 0 saturated heterocycles. The number of rotatable bonds is 4. The van der Waals surface area contributed by atoms with Crippen molar-refractivity contribution in [2.24, 2.45) is 0 Å². The Kier molecular flexibility index (Phi) is 3.15. The summed E-state index contributed by atoms with van der Waals surface area (Å²) < 4.78 is 10.8. The van der Waals surface area contributed by atoms with Crippen molar-refractivity contribution in [1.82, 2.24) is 15.1 Å². The van der Waals surface area contributed by atoms with Crippen molar-refractivity contribution in [3.05, 3.63) is 24.3 Å². The number of hydrogen-bond donors (Lipinski definition) is 0. The molecule has 1 aliphatic rings. The Hall–Kier alpha value is -1.62. The molecule has 0 amide bonds. The van der Waals surface area contributed by atoms with E-state index < -0.39 is 0 Å². The van der Waals surface area contributed by atoms with Crippen LogP contribution in [-0.2, 0) is 6.54 Å². The van der Waals surface area contributed by atoms with E-state index in [-0.39, 0.29) is 0 Å². The molecule has 0 aromatic carbocycles. The van der Waals surface area contributed by atoms with Crippen molar-refractivity contribution >= 4 is 0 Å². The van der Waals surface area contributed by atoms with Gasteiger partial charge in [0, 0.05) is 6.04 Å². The molecule has 1 fully saturated rings. The lowest BCUT2D eigenvalue weighted by Crippen LogP contribution is -2.28. The maximum Gasteiger partial charge on any atom is 0.283 e. The average Bonchev–Trinajstić information content (AvgIpc) is 3.12. The molecule has 0 N–H and O–H groups in total. The highest BCUT2D eigenvalue weighted by atomic mass is 16.4. The topological polar surface area (TPSA) is 55.3 Å². The Labute approximate surface area is 106 Å². The molecule has 2 aromatic heterocycles. The molecule has 0 spiro atoms. The highest BCUT2D eigenvalue weighted by Gasteiger charge is 2.21. The second kappa shape index (κ2) is 4.94. The number of aromatic nitrogens is 2. The van der Waals surface area contributed by atoms with E-state index in [1.54, 1.807) is 6.26 Å². The van der Waals surface area contributed by atoms with E-state index in [2.05, 4.69) is 22.1 Å². The summed E-state index contributed by atoms with van der Waals surface area (Å²) in [5, 5.41) is 8.07. The van der Waals surface area contributed by atoms with Crippen LogP contribution in [0, 0.1) is 0 Å². The second-order valence-electron chi connectivity index (χ2n) is 4.83. The van der Waals surface area contributed by atoms with Crippen LogP contribution in [0.2, 0.25) is 0 Å². The van der Waals surface area contributed by atoms with Gasteiger partial charge in [0.15, 0.2) is 5.76 Å². The summed E-state index contributed by atoms with van der Waals surface area (Å²) in [5.74, 6) is 1.72. The second-order valence-corrected chi connectivity index (χ2v) is 4.83. The summed E-state index contributed by atoms with van der Waals surface area (Å²) in [4.78, 5) is 2.30. The summed E-state index contributed by atoms with van der Waals surface area (Å²) in [6.07, 6.45) is 6.81. The Balaban J connectivity index is 1.66. The van der Waals surface area contributed by atoms with Crippen LogP contribution in [0.25, 0.3) is 11.7 Å². The zero-order valence-electron chi connectivity index (χ0n) is 10.5. The summed E-state index contributed by atoms with van der Waals surface area (Å²) in [7, 11) is 2.12. The van der Waals surface area contributed by atoms with Crippen LogP contribution in [0.4, 0.5) is 0 Å². The van der Waals surface area contributed by atoms with E-state index in [1.807, 2.05) is 12.1 Å². The van der Waals surface area contributed by atoms with Gasteiger partial charge in [-0.25, -0.2) is 0 Å². The molecular formula is C13H17N3O2. The zero-order valence-corrected chi connectivity index (χ0v) is 10.5. The normalized spacial score (nSPS) is 16.8. The van der Waals surface area contributed by atoms with Gasteiger partial charge in [-0.2, -0.15) is 0 Å². The SMILES string of the molecule is CN(Cc1nnc(-c2ccco2)o1)C1CCCC1. The Morgan fingerprint density at radius 2 is 2.17 bits per heavy atom. The predicted molar refractivity (Wildman–Crippen MR) is 65.7 cm³/mol. The molecule has 2 aromatic rings. The van der Waals surface area contributed by atoms with Gasteiger partial charge in [0.2, 0.25) is 5.89 Å². The Morgan fingerprint density at radius 1 is 1.33 bits per heavy atom. The van der Waals surface area contributed by atoms with Gasteiger partial charge in [0.25, 0.3) is 5.89 Å². The minimum atomic E-state index is 0.454. The number of nitrogens with zero attached hydrogens (tertiary/aromatic N) is 3. The molecule has 0 radical (unpaired) electrons. The van der Waals surface area contributed by atoms with Crippen molar-refractivity contribution in [1.29, 1.82) is 0 Å². The minimum Gasteiger partial charge on any atom is -0.459 e. The average molecular weight is 247 g/mol. The third-order valence-electron chi connectivity index (χ3n) is 3.53. The van der Waals surface area contributed by atoms with Crippen molar-refractivity contribution in [3.63, 3.8) is 0 Å². The van der Waals surface area contributed by atoms with Crippen LogP contribution in [0.1, 0.15) is 31.6 Å². The van der Waals surface area contributed by atoms with Gasteiger partial charge in [0.1, 0.15) is 0 Å². The van der Waals surface area contributed by atoms with Gasteiger partial charge in [0.05, 0.1) is 12.8 Å². The molecule has 1 saturated carbocycles. The van der Waals surface area contributed by atoms with Crippen LogP contribution in [0.15, 0.2) is 27.2 Å². The van der Waals surface area contributed by atoms with E-state index in [9.17, 15) is 0 Å². The first-order chi connectivity index (χ1) is 8.83. The monoisotopic (exact) mass is 247 g/mol. The van der Waals surface area contributed by atoms with Crippen LogP contribution in [0.5, 0.6) is 0 Å². The first-order valence-electron chi connectivity index (χ1n) is 6.39. The lowest BCUT2D eigenvalue weighted by Gasteiger charge is -2.21. The molecule has 3 rings (SSSR count). The molecule has 1 aliphatic carbocycles. The van der Waals surface area contributed by atoms with Gasteiger partial charge in [-0.1, -0.05) is 12.8 Å². The van der Waals surface area contributed by atoms with E-state index in [1.165, 1.54) is 25.7 Å². The lowest BCUT2D eigenvalue weighted by molar-refractivity contribution is 0.215. The molecule has 5 nitrogen and oxygen atoms in total. The summed E-state index contributed by atoms with van der Waals surface area (Å²) >= 11 is 0. The number of furan rings is 1. The molecule has 18 heavy (non-hydrogen) atoms. The quantitative estimate of drug-likeness (QED) is 0.831. The van der Waals surface area contributed by atoms with E-state index in [0.717, 1.165) is 0 Å². The van der Waals surface area contributed by atoms with E-state index in [4.69, 9.17) is 8.83 Å². The maximum absolute atomic E-state index is 5.60. The summed E-state index contributed by atoms with van der Waals surface area (Å²) in [6, 6.07) is 4.28. The Bertz CT molecular complexity index is 486. The van der Waals surface area contributed by atoms with Crippen molar-refractivity contribution in [3.8, 4) is 11.7 Å². The molecule has 5 heteroatoms. The lowest BCUT2D eigenvalue weighted by atomic mass is 10.2. The fourth-order valence-electron chi connectivity index (χ4n) is 2.50. The van der Waals surface area contributed by atoms with Crippen LogP contribution >= 0.6 is 0 Å². The molecule has 2 heterocycles. The fraction of sp³-hybridized carbons (Fsp3) is 0.538. The highest BCUT2D eigenvalue weighted by Crippen LogP contribution is 2.24. The van der Waals surface area contributed by atoms with Crippen LogP contribution in [0.3, 0.4) is 0 Å². The first kappa shape index (κ1) is 11.5. The molecule has 0 aliphatic heterocycles. The molecule has 0 atom stereocenters. The smallest absolute Gasteiger partial charge is 0.283 e. The van der Waals surface area contributed by atoms with Crippen LogP contribution in [-0.4, -0.2) is 28.2 Å².